The molecule has 0 aromatic heterocycles. The second-order valence-electron chi connectivity index (χ2n) is 3.32. The van der Waals surface area contributed by atoms with E-state index < -0.39 is 0 Å². The van der Waals surface area contributed by atoms with Crippen molar-refractivity contribution in [3.05, 3.63) is 23.8 Å². The van der Waals surface area contributed by atoms with Gasteiger partial charge in [-0.3, -0.25) is 0 Å². The molecule has 0 N–H and O–H groups in total. The van der Waals surface area contributed by atoms with E-state index >= 15 is 0 Å². The van der Waals surface area contributed by atoms with Crippen LogP contribution in [0.5, 0.6) is 17.2 Å². The largest absolute Gasteiger partial charge is 0.493 e. The molecule has 94 valence electrons. The SMILES string of the molecule is COCC=Cc1cc(OC)c(OC)c(OC)c1. The summed E-state index contributed by atoms with van der Waals surface area (Å²) in [5, 5.41) is 0. The van der Waals surface area contributed by atoms with E-state index in [-0.39, 0.29) is 0 Å². The number of rotatable bonds is 6. The van der Waals surface area contributed by atoms with Gasteiger partial charge in [0.15, 0.2) is 11.5 Å². The van der Waals surface area contributed by atoms with Gasteiger partial charge in [0, 0.05) is 7.11 Å². The summed E-state index contributed by atoms with van der Waals surface area (Å²) >= 11 is 0. The number of ether oxygens (including phenoxy) is 4. The third kappa shape index (κ3) is 3.39. The molecule has 0 saturated carbocycles. The van der Waals surface area contributed by atoms with Crippen LogP contribution in [0.3, 0.4) is 0 Å². The van der Waals surface area contributed by atoms with Gasteiger partial charge in [-0.1, -0.05) is 12.2 Å². The van der Waals surface area contributed by atoms with Crippen LogP contribution in [-0.4, -0.2) is 35.0 Å². The number of hydrogen-bond donors (Lipinski definition) is 0. The highest BCUT2D eigenvalue weighted by molar-refractivity contribution is 5.62. The zero-order valence-electron chi connectivity index (χ0n) is 10.6. The summed E-state index contributed by atoms with van der Waals surface area (Å²) < 4.78 is 20.7. The molecular formula is C13H18O4. The summed E-state index contributed by atoms with van der Waals surface area (Å²) in [5.41, 5.74) is 0.969. The van der Waals surface area contributed by atoms with Gasteiger partial charge in [0.2, 0.25) is 5.75 Å². The molecule has 1 aromatic rings. The Morgan fingerprint density at radius 2 is 1.53 bits per heavy atom. The highest BCUT2D eigenvalue weighted by Gasteiger charge is 2.11. The Hall–Kier alpha value is -1.68. The van der Waals surface area contributed by atoms with Gasteiger partial charge in [-0.25, -0.2) is 0 Å². The van der Waals surface area contributed by atoms with Crippen molar-refractivity contribution in [2.24, 2.45) is 0 Å². The maximum Gasteiger partial charge on any atom is 0.203 e. The molecule has 1 rings (SSSR count). The third-order valence-corrected chi connectivity index (χ3v) is 2.26. The Balaban J connectivity index is 3.08. The molecule has 0 aliphatic rings. The van der Waals surface area contributed by atoms with Crippen molar-refractivity contribution in [1.82, 2.24) is 0 Å². The van der Waals surface area contributed by atoms with Crippen LogP contribution in [0.2, 0.25) is 0 Å². The fraction of sp³-hybridized carbons (Fsp3) is 0.385. The van der Waals surface area contributed by atoms with Gasteiger partial charge < -0.3 is 18.9 Å². The lowest BCUT2D eigenvalue weighted by Gasteiger charge is -2.12. The minimum Gasteiger partial charge on any atom is -0.493 e. The smallest absolute Gasteiger partial charge is 0.203 e. The van der Waals surface area contributed by atoms with Gasteiger partial charge in [0.1, 0.15) is 0 Å². The van der Waals surface area contributed by atoms with E-state index in [4.69, 9.17) is 18.9 Å². The molecule has 0 unspecified atom stereocenters. The standard InChI is InChI=1S/C13H18O4/c1-14-7-5-6-10-8-11(15-2)13(17-4)12(9-10)16-3/h5-6,8-9H,7H2,1-4H3. The van der Waals surface area contributed by atoms with E-state index in [9.17, 15) is 0 Å². The average Bonchev–Trinajstić information content (AvgIpc) is 2.37. The monoisotopic (exact) mass is 238 g/mol. The lowest BCUT2D eigenvalue weighted by atomic mass is 10.1. The van der Waals surface area contributed by atoms with Crippen molar-refractivity contribution in [3.63, 3.8) is 0 Å². The van der Waals surface area contributed by atoms with Gasteiger partial charge in [-0.15, -0.1) is 0 Å². The Morgan fingerprint density at radius 1 is 0.941 bits per heavy atom. The molecule has 0 fully saturated rings. The summed E-state index contributed by atoms with van der Waals surface area (Å²) in [6.07, 6.45) is 3.86. The molecule has 0 heterocycles. The second-order valence-corrected chi connectivity index (χ2v) is 3.32. The zero-order valence-corrected chi connectivity index (χ0v) is 10.6. The number of hydrogen-bond acceptors (Lipinski definition) is 4. The Labute approximate surface area is 102 Å². The predicted octanol–water partition coefficient (Wildman–Crippen LogP) is 2.37. The Morgan fingerprint density at radius 3 is 1.94 bits per heavy atom. The second kappa shape index (κ2) is 6.81. The van der Waals surface area contributed by atoms with Crippen LogP contribution < -0.4 is 14.2 Å². The molecule has 4 heteroatoms. The molecule has 0 radical (unpaired) electrons. The predicted molar refractivity (Wildman–Crippen MR) is 67.0 cm³/mol. The van der Waals surface area contributed by atoms with Crippen LogP contribution in [-0.2, 0) is 4.74 Å². The van der Waals surface area contributed by atoms with E-state index in [1.807, 2.05) is 24.3 Å². The normalized spacial score (nSPS) is 10.6. The quantitative estimate of drug-likeness (QED) is 0.762. The summed E-state index contributed by atoms with van der Waals surface area (Å²) in [5.74, 6) is 1.88. The van der Waals surface area contributed by atoms with E-state index in [1.54, 1.807) is 28.4 Å². The molecule has 0 aliphatic heterocycles. The van der Waals surface area contributed by atoms with Crippen molar-refractivity contribution in [2.75, 3.05) is 35.0 Å². The highest BCUT2D eigenvalue weighted by Crippen LogP contribution is 2.38. The summed E-state index contributed by atoms with van der Waals surface area (Å²) in [4.78, 5) is 0. The first-order chi connectivity index (χ1) is 8.26. The molecule has 0 atom stereocenters. The molecule has 0 bridgehead atoms. The molecule has 0 saturated heterocycles. The van der Waals surface area contributed by atoms with Crippen LogP contribution in [0.15, 0.2) is 18.2 Å². The van der Waals surface area contributed by atoms with Crippen molar-refractivity contribution in [1.29, 1.82) is 0 Å². The molecule has 1 aromatic carbocycles. The molecular weight excluding hydrogens is 220 g/mol. The van der Waals surface area contributed by atoms with Gasteiger partial charge in [0.25, 0.3) is 0 Å². The molecule has 17 heavy (non-hydrogen) atoms. The molecule has 4 nitrogen and oxygen atoms in total. The summed E-state index contributed by atoms with van der Waals surface area (Å²) in [6.45, 7) is 0.566. The van der Waals surface area contributed by atoms with Crippen molar-refractivity contribution in [3.8, 4) is 17.2 Å². The minimum atomic E-state index is 0.566. The lowest BCUT2D eigenvalue weighted by molar-refractivity contribution is 0.234. The van der Waals surface area contributed by atoms with Gasteiger partial charge in [-0.2, -0.15) is 0 Å². The van der Waals surface area contributed by atoms with Crippen LogP contribution in [0.1, 0.15) is 5.56 Å². The van der Waals surface area contributed by atoms with Gasteiger partial charge >= 0.3 is 0 Å². The number of benzene rings is 1. The van der Waals surface area contributed by atoms with Crippen molar-refractivity contribution < 1.29 is 18.9 Å². The first kappa shape index (κ1) is 13.4. The Bertz CT molecular complexity index is 360. The van der Waals surface area contributed by atoms with E-state index in [0.29, 0.717) is 23.9 Å². The van der Waals surface area contributed by atoms with E-state index in [2.05, 4.69) is 0 Å². The maximum atomic E-state index is 5.26. The van der Waals surface area contributed by atoms with Gasteiger partial charge in [-0.05, 0) is 17.7 Å². The van der Waals surface area contributed by atoms with Crippen LogP contribution in [0.25, 0.3) is 6.08 Å². The maximum absolute atomic E-state index is 5.26. The third-order valence-electron chi connectivity index (χ3n) is 2.26. The van der Waals surface area contributed by atoms with E-state index in [1.165, 1.54) is 0 Å². The van der Waals surface area contributed by atoms with E-state index in [0.717, 1.165) is 5.56 Å². The fourth-order valence-electron chi connectivity index (χ4n) is 1.48. The molecule has 0 spiro atoms. The minimum absolute atomic E-state index is 0.566. The van der Waals surface area contributed by atoms with Gasteiger partial charge in [0.05, 0.1) is 27.9 Å². The first-order valence-corrected chi connectivity index (χ1v) is 5.22. The first-order valence-electron chi connectivity index (χ1n) is 5.22. The summed E-state index contributed by atoms with van der Waals surface area (Å²) in [7, 11) is 6.43. The van der Waals surface area contributed by atoms with Crippen LogP contribution in [0, 0.1) is 0 Å². The highest BCUT2D eigenvalue weighted by atomic mass is 16.5. The lowest BCUT2D eigenvalue weighted by Crippen LogP contribution is -1.95. The number of methoxy groups -OCH3 is 4. The van der Waals surface area contributed by atoms with Crippen LogP contribution >= 0.6 is 0 Å². The fourth-order valence-corrected chi connectivity index (χ4v) is 1.48. The average molecular weight is 238 g/mol. The Kier molecular flexibility index (Phi) is 5.36. The van der Waals surface area contributed by atoms with Crippen molar-refractivity contribution in [2.45, 2.75) is 0 Å². The molecule has 0 aliphatic carbocycles. The summed E-state index contributed by atoms with van der Waals surface area (Å²) in [6, 6.07) is 3.76. The molecule has 0 amide bonds. The van der Waals surface area contributed by atoms with Crippen molar-refractivity contribution >= 4 is 6.08 Å². The topological polar surface area (TPSA) is 36.9 Å². The van der Waals surface area contributed by atoms with Crippen LogP contribution in [0.4, 0.5) is 0 Å². The zero-order chi connectivity index (χ0) is 12.7.